The molecular formula is C9H11N5O5. The third-order valence-corrected chi connectivity index (χ3v) is 2.84. The molecule has 1 aliphatic heterocycles. The second-order valence-corrected chi connectivity index (χ2v) is 4.01. The molecule has 10 heteroatoms. The third-order valence-electron chi connectivity index (χ3n) is 2.84. The largest absolute Gasteiger partial charge is 0.386 e. The van der Waals surface area contributed by atoms with E-state index in [1.54, 1.807) is 0 Å². The van der Waals surface area contributed by atoms with E-state index in [1.807, 2.05) is 0 Å². The molecule has 102 valence electrons. The van der Waals surface area contributed by atoms with Crippen molar-refractivity contribution in [1.29, 1.82) is 0 Å². The summed E-state index contributed by atoms with van der Waals surface area (Å²) < 4.78 is 6.25. The minimum Gasteiger partial charge on any atom is -0.386 e. The van der Waals surface area contributed by atoms with Crippen molar-refractivity contribution in [2.75, 3.05) is 12.3 Å². The van der Waals surface area contributed by atoms with Gasteiger partial charge in [0.15, 0.2) is 12.3 Å². The lowest BCUT2D eigenvalue weighted by molar-refractivity contribution is -0.0370. The topological polar surface area (TPSA) is 149 Å². The Morgan fingerprint density at radius 3 is 2.84 bits per heavy atom. The minimum atomic E-state index is -1.37. The number of nitroso groups, excluding NO2 is 2. The second-order valence-electron chi connectivity index (χ2n) is 4.01. The Balaban J connectivity index is 2.33. The molecule has 0 radical (unpaired) electrons. The predicted molar refractivity (Wildman–Crippen MR) is 63.1 cm³/mol. The van der Waals surface area contributed by atoms with Crippen molar-refractivity contribution in [2.24, 2.45) is 10.4 Å². The minimum absolute atomic E-state index is 0.0184. The summed E-state index contributed by atoms with van der Waals surface area (Å²) in [7, 11) is 0. The molecule has 1 aliphatic rings. The highest BCUT2D eigenvalue weighted by molar-refractivity contribution is 5.23. The van der Waals surface area contributed by atoms with Crippen molar-refractivity contribution in [3.8, 4) is 0 Å². The van der Waals surface area contributed by atoms with Crippen LogP contribution < -0.4 is 11.4 Å². The Morgan fingerprint density at radius 2 is 2.26 bits per heavy atom. The van der Waals surface area contributed by atoms with Gasteiger partial charge in [-0.25, -0.2) is 4.79 Å². The number of aromatic nitrogens is 2. The Hall–Kier alpha value is -2.20. The number of aliphatic hydroxyl groups is 1. The third kappa shape index (κ3) is 2.35. The number of nitrogens with zero attached hydrogens (tertiary/aromatic N) is 4. The summed E-state index contributed by atoms with van der Waals surface area (Å²) >= 11 is 0. The van der Waals surface area contributed by atoms with Crippen LogP contribution >= 0.6 is 0 Å². The Labute approximate surface area is 106 Å². The van der Waals surface area contributed by atoms with E-state index in [1.165, 1.54) is 12.3 Å². The van der Waals surface area contributed by atoms with Crippen molar-refractivity contribution in [2.45, 2.75) is 24.5 Å². The summed E-state index contributed by atoms with van der Waals surface area (Å²) in [5.74, 6) is 0.0184. The number of nitrogen functional groups attached to an aromatic ring is 1. The van der Waals surface area contributed by atoms with Crippen molar-refractivity contribution in [3.63, 3.8) is 0 Å². The van der Waals surface area contributed by atoms with E-state index in [4.69, 9.17) is 10.5 Å². The van der Waals surface area contributed by atoms with Crippen LogP contribution in [0.3, 0.4) is 0 Å². The molecule has 2 rings (SSSR count). The first kappa shape index (κ1) is 13.2. The summed E-state index contributed by atoms with van der Waals surface area (Å²) in [6.07, 6.45) is -2.22. The standard InChI is InChI=1S/C9H11N5O5/c10-5-1-2-14(9(16)12-5)8-7(15)6(13-18)4(19-8)3-11-17/h1-2,4,6-8,15H,3H2,(H2,10,12,16)/t4-,6?,7+,8-/m1/s1. The molecule has 0 aliphatic carbocycles. The van der Waals surface area contributed by atoms with E-state index in [0.29, 0.717) is 0 Å². The first-order chi connectivity index (χ1) is 9.08. The maximum Gasteiger partial charge on any atom is 0.351 e. The van der Waals surface area contributed by atoms with Crippen LogP contribution in [0.4, 0.5) is 5.82 Å². The van der Waals surface area contributed by atoms with Gasteiger partial charge in [0.25, 0.3) is 0 Å². The molecule has 1 fully saturated rings. The van der Waals surface area contributed by atoms with Gasteiger partial charge in [0.1, 0.15) is 24.6 Å². The zero-order chi connectivity index (χ0) is 14.0. The van der Waals surface area contributed by atoms with Gasteiger partial charge in [0.05, 0.1) is 0 Å². The SMILES string of the molecule is Nc1ccn([C@@H]2O[C@H](CN=O)C(N=O)[C@@H]2O)c(=O)n1. The average molecular weight is 269 g/mol. The van der Waals surface area contributed by atoms with E-state index in [2.05, 4.69) is 15.3 Å². The van der Waals surface area contributed by atoms with Crippen molar-refractivity contribution < 1.29 is 9.84 Å². The number of hydrogen-bond donors (Lipinski definition) is 2. The quantitative estimate of drug-likeness (QED) is 0.664. The summed E-state index contributed by atoms with van der Waals surface area (Å²) in [4.78, 5) is 36.0. The Morgan fingerprint density at radius 1 is 1.53 bits per heavy atom. The normalized spacial score (nSPS) is 30.2. The highest BCUT2D eigenvalue weighted by Crippen LogP contribution is 2.30. The zero-order valence-electron chi connectivity index (χ0n) is 9.62. The number of anilines is 1. The Kier molecular flexibility index (Phi) is 3.62. The smallest absolute Gasteiger partial charge is 0.351 e. The van der Waals surface area contributed by atoms with Crippen molar-refractivity contribution >= 4 is 5.82 Å². The molecule has 0 amide bonds. The van der Waals surface area contributed by atoms with E-state index < -0.39 is 30.2 Å². The van der Waals surface area contributed by atoms with Gasteiger partial charge in [0.2, 0.25) is 0 Å². The molecule has 1 unspecified atom stereocenters. The molecule has 3 N–H and O–H groups in total. The zero-order valence-corrected chi connectivity index (χ0v) is 9.62. The van der Waals surface area contributed by atoms with Crippen LogP contribution in [0.5, 0.6) is 0 Å². The highest BCUT2D eigenvalue weighted by Gasteiger charge is 2.46. The highest BCUT2D eigenvalue weighted by atomic mass is 16.5. The van der Waals surface area contributed by atoms with Crippen LogP contribution in [0, 0.1) is 9.81 Å². The second kappa shape index (κ2) is 5.20. The summed E-state index contributed by atoms with van der Waals surface area (Å²) in [6.45, 7) is -0.346. The van der Waals surface area contributed by atoms with Gasteiger partial charge in [-0.3, -0.25) is 4.57 Å². The van der Waals surface area contributed by atoms with Crippen LogP contribution in [0.2, 0.25) is 0 Å². The number of hydrogen-bond acceptors (Lipinski definition) is 9. The van der Waals surface area contributed by atoms with Crippen LogP contribution in [-0.4, -0.2) is 39.5 Å². The fraction of sp³-hybridized carbons (Fsp3) is 0.556. The molecule has 0 bridgehead atoms. The summed E-state index contributed by atoms with van der Waals surface area (Å²) in [6, 6.07) is 0.165. The summed E-state index contributed by atoms with van der Waals surface area (Å²) in [5.41, 5.74) is 4.59. The number of nitrogens with two attached hydrogens (primary N) is 1. The van der Waals surface area contributed by atoms with E-state index >= 15 is 0 Å². The lowest BCUT2D eigenvalue weighted by atomic mass is 10.1. The summed E-state index contributed by atoms with van der Waals surface area (Å²) in [5, 5.41) is 15.2. The van der Waals surface area contributed by atoms with Crippen LogP contribution in [-0.2, 0) is 4.74 Å². The number of rotatable bonds is 4. The van der Waals surface area contributed by atoms with Gasteiger partial charge < -0.3 is 15.6 Å². The number of aliphatic hydroxyl groups excluding tert-OH is 1. The first-order valence-corrected chi connectivity index (χ1v) is 5.38. The van der Waals surface area contributed by atoms with Gasteiger partial charge >= 0.3 is 5.69 Å². The molecule has 10 nitrogen and oxygen atoms in total. The predicted octanol–water partition coefficient (Wildman–Crippen LogP) is -1.01. The first-order valence-electron chi connectivity index (χ1n) is 5.38. The van der Waals surface area contributed by atoms with E-state index in [-0.39, 0.29) is 12.4 Å². The molecule has 1 aromatic rings. The maximum atomic E-state index is 11.6. The molecule has 2 heterocycles. The van der Waals surface area contributed by atoms with Crippen LogP contribution in [0.1, 0.15) is 6.23 Å². The van der Waals surface area contributed by atoms with Crippen molar-refractivity contribution in [3.05, 3.63) is 32.6 Å². The molecule has 0 aromatic carbocycles. The van der Waals surface area contributed by atoms with Gasteiger partial charge in [0, 0.05) is 6.20 Å². The molecule has 4 atom stereocenters. The molecule has 1 saturated heterocycles. The van der Waals surface area contributed by atoms with Gasteiger partial charge in [-0.2, -0.15) is 14.8 Å². The van der Waals surface area contributed by atoms with Gasteiger partial charge in [-0.05, 0) is 6.07 Å². The molecule has 0 spiro atoms. The van der Waals surface area contributed by atoms with Crippen LogP contribution in [0.15, 0.2) is 27.4 Å². The lowest BCUT2D eigenvalue weighted by Gasteiger charge is -2.16. The van der Waals surface area contributed by atoms with E-state index in [9.17, 15) is 19.7 Å². The fourth-order valence-electron chi connectivity index (χ4n) is 1.93. The molecule has 19 heavy (non-hydrogen) atoms. The Bertz CT molecular complexity index is 546. The average Bonchev–Trinajstić information content (AvgIpc) is 2.66. The molecular weight excluding hydrogens is 258 g/mol. The fourth-order valence-corrected chi connectivity index (χ4v) is 1.93. The van der Waals surface area contributed by atoms with Gasteiger partial charge in [-0.15, -0.1) is 0 Å². The lowest BCUT2D eigenvalue weighted by Crippen LogP contribution is -2.35. The van der Waals surface area contributed by atoms with Crippen molar-refractivity contribution in [1.82, 2.24) is 9.55 Å². The van der Waals surface area contributed by atoms with E-state index in [0.717, 1.165) is 4.57 Å². The van der Waals surface area contributed by atoms with Gasteiger partial charge in [-0.1, -0.05) is 10.4 Å². The molecule has 1 aromatic heterocycles. The number of ether oxygens (including phenoxy) is 1. The molecule has 0 saturated carbocycles. The van der Waals surface area contributed by atoms with Crippen LogP contribution in [0.25, 0.3) is 0 Å². The maximum absolute atomic E-state index is 11.6. The monoisotopic (exact) mass is 269 g/mol.